The Morgan fingerprint density at radius 1 is 1.15 bits per heavy atom. The first-order valence-corrected chi connectivity index (χ1v) is 10.4. The molecule has 0 amide bonds. The molecule has 1 aromatic heterocycles. The average Bonchev–Trinajstić information content (AvgIpc) is 3.03. The summed E-state index contributed by atoms with van der Waals surface area (Å²) >= 11 is 5.87. The van der Waals surface area contributed by atoms with Gasteiger partial charge >= 0.3 is 0 Å². The van der Waals surface area contributed by atoms with E-state index < -0.39 is 16.1 Å². The van der Waals surface area contributed by atoms with Crippen LogP contribution in [-0.2, 0) is 22.9 Å². The van der Waals surface area contributed by atoms with Crippen LogP contribution in [0.4, 0.5) is 5.82 Å². The van der Waals surface area contributed by atoms with Crippen molar-refractivity contribution in [1.82, 2.24) is 14.9 Å². The molecule has 0 radical (unpaired) electrons. The van der Waals surface area contributed by atoms with Gasteiger partial charge in [-0.15, -0.1) is 0 Å². The predicted octanol–water partition coefficient (Wildman–Crippen LogP) is 3.47. The van der Waals surface area contributed by atoms with Crippen LogP contribution in [0.3, 0.4) is 0 Å². The number of halogens is 1. The van der Waals surface area contributed by atoms with E-state index in [0.717, 1.165) is 11.1 Å². The first-order chi connectivity index (χ1) is 12.9. The smallest absolute Gasteiger partial charge is 0.241 e. The average molecular weight is 405 g/mol. The summed E-state index contributed by atoms with van der Waals surface area (Å²) < 4.78 is 28.6. The third kappa shape index (κ3) is 4.50. The lowest BCUT2D eigenvalue weighted by molar-refractivity contribution is 0.548. The number of rotatable bonds is 7. The van der Waals surface area contributed by atoms with Crippen molar-refractivity contribution in [1.29, 1.82) is 0 Å². The lowest BCUT2D eigenvalue weighted by Crippen LogP contribution is -2.31. The van der Waals surface area contributed by atoms with E-state index in [4.69, 9.17) is 17.3 Å². The van der Waals surface area contributed by atoms with E-state index in [-0.39, 0.29) is 4.90 Å². The summed E-state index contributed by atoms with van der Waals surface area (Å²) in [6, 6.07) is 15.1. The van der Waals surface area contributed by atoms with Crippen LogP contribution in [0.25, 0.3) is 0 Å². The zero-order valence-electron chi connectivity index (χ0n) is 14.8. The molecule has 0 spiro atoms. The van der Waals surface area contributed by atoms with Crippen LogP contribution >= 0.6 is 11.6 Å². The topological polar surface area (TPSA) is 101 Å². The molecule has 0 saturated carbocycles. The summed E-state index contributed by atoms with van der Waals surface area (Å²) in [6.07, 6.45) is 1.09. The summed E-state index contributed by atoms with van der Waals surface area (Å²) in [4.78, 5) is 0.145. The maximum absolute atomic E-state index is 12.9. The minimum atomic E-state index is -3.76. The zero-order valence-corrected chi connectivity index (χ0v) is 16.4. The number of H-pyrrole nitrogens is 1. The molecule has 2 aromatic carbocycles. The van der Waals surface area contributed by atoms with E-state index in [0.29, 0.717) is 29.4 Å². The molecule has 0 aliphatic rings. The zero-order chi connectivity index (χ0) is 19.4. The maximum Gasteiger partial charge on any atom is 0.241 e. The van der Waals surface area contributed by atoms with Crippen LogP contribution in [0.5, 0.6) is 0 Å². The van der Waals surface area contributed by atoms with Crippen LogP contribution < -0.4 is 10.5 Å². The minimum absolute atomic E-state index is 0.145. The van der Waals surface area contributed by atoms with E-state index >= 15 is 0 Å². The van der Waals surface area contributed by atoms with Gasteiger partial charge in [-0.2, -0.15) is 5.10 Å². The van der Waals surface area contributed by atoms with Crippen molar-refractivity contribution in [2.45, 2.75) is 30.7 Å². The monoisotopic (exact) mass is 404 g/mol. The highest BCUT2D eigenvalue weighted by Crippen LogP contribution is 2.26. The lowest BCUT2D eigenvalue weighted by atomic mass is 10.0. The third-order valence-corrected chi connectivity index (χ3v) is 6.06. The van der Waals surface area contributed by atoms with Gasteiger partial charge < -0.3 is 5.73 Å². The summed E-state index contributed by atoms with van der Waals surface area (Å²) in [7, 11) is -3.76. The number of aromatic amines is 1. The van der Waals surface area contributed by atoms with Crippen LogP contribution in [-0.4, -0.2) is 18.6 Å². The van der Waals surface area contributed by atoms with Crippen molar-refractivity contribution >= 4 is 27.4 Å². The fourth-order valence-electron chi connectivity index (χ4n) is 2.97. The quantitative estimate of drug-likeness (QED) is 0.561. The van der Waals surface area contributed by atoms with E-state index in [1.807, 2.05) is 37.3 Å². The molecule has 0 aliphatic heterocycles. The number of nitrogens with one attached hydrogen (secondary N) is 2. The summed E-state index contributed by atoms with van der Waals surface area (Å²) in [5.41, 5.74) is 8.38. The Hall–Kier alpha value is -2.35. The Morgan fingerprint density at radius 3 is 2.44 bits per heavy atom. The van der Waals surface area contributed by atoms with Crippen LogP contribution in [0.2, 0.25) is 5.02 Å². The number of nitrogen functional groups attached to an aromatic ring is 1. The van der Waals surface area contributed by atoms with Crippen molar-refractivity contribution < 1.29 is 8.42 Å². The van der Waals surface area contributed by atoms with E-state index in [1.165, 1.54) is 12.1 Å². The summed E-state index contributed by atoms with van der Waals surface area (Å²) in [5, 5.41) is 7.52. The Labute approximate surface area is 163 Å². The minimum Gasteiger partial charge on any atom is -0.384 e. The van der Waals surface area contributed by atoms with Gasteiger partial charge in [0.25, 0.3) is 0 Å². The van der Waals surface area contributed by atoms with Gasteiger partial charge in [0.15, 0.2) is 0 Å². The van der Waals surface area contributed by atoms with Crippen LogP contribution in [0.15, 0.2) is 59.5 Å². The molecule has 1 atom stereocenters. The van der Waals surface area contributed by atoms with Crippen molar-refractivity contribution in [3.63, 3.8) is 0 Å². The first-order valence-electron chi connectivity index (χ1n) is 8.55. The van der Waals surface area contributed by atoms with Crippen molar-refractivity contribution in [2.75, 3.05) is 5.73 Å². The molecule has 3 rings (SSSR count). The maximum atomic E-state index is 12.9. The van der Waals surface area contributed by atoms with Gasteiger partial charge in [-0.05, 0) is 42.7 Å². The number of sulfonamides is 1. The normalized spacial score (nSPS) is 12.8. The van der Waals surface area contributed by atoms with Crippen molar-refractivity contribution in [2.24, 2.45) is 0 Å². The Kier molecular flexibility index (Phi) is 5.84. The highest BCUT2D eigenvalue weighted by Gasteiger charge is 2.26. The molecule has 1 unspecified atom stereocenters. The fraction of sp³-hybridized carbons (Fsp3) is 0.211. The highest BCUT2D eigenvalue weighted by atomic mass is 35.5. The molecule has 4 N–H and O–H groups in total. The SMILES string of the molecule is CCc1c(C(Cc2ccccc2)NS(=O)(=O)c2ccc(Cl)cc2)n[nH]c1N. The third-order valence-electron chi connectivity index (χ3n) is 4.32. The molecule has 0 saturated heterocycles. The Morgan fingerprint density at radius 2 is 1.81 bits per heavy atom. The van der Waals surface area contributed by atoms with Crippen LogP contribution in [0, 0.1) is 0 Å². The second kappa shape index (κ2) is 8.12. The molecule has 142 valence electrons. The van der Waals surface area contributed by atoms with Gasteiger partial charge in [-0.3, -0.25) is 5.10 Å². The highest BCUT2D eigenvalue weighted by molar-refractivity contribution is 7.89. The molecule has 0 bridgehead atoms. The number of nitrogens with two attached hydrogens (primary N) is 1. The number of benzene rings is 2. The fourth-order valence-corrected chi connectivity index (χ4v) is 4.29. The number of hydrogen-bond acceptors (Lipinski definition) is 4. The number of hydrogen-bond donors (Lipinski definition) is 3. The predicted molar refractivity (Wildman–Crippen MR) is 107 cm³/mol. The van der Waals surface area contributed by atoms with E-state index in [1.54, 1.807) is 12.1 Å². The first kappa shape index (κ1) is 19.4. The van der Waals surface area contributed by atoms with E-state index in [9.17, 15) is 8.42 Å². The van der Waals surface area contributed by atoms with Gasteiger partial charge in [0.1, 0.15) is 5.82 Å². The molecule has 27 heavy (non-hydrogen) atoms. The number of aromatic nitrogens is 2. The molecule has 0 aliphatic carbocycles. The largest absolute Gasteiger partial charge is 0.384 e. The van der Waals surface area contributed by atoms with Gasteiger partial charge in [0.2, 0.25) is 10.0 Å². The van der Waals surface area contributed by atoms with Crippen molar-refractivity contribution in [3.8, 4) is 0 Å². The van der Waals surface area contributed by atoms with Crippen molar-refractivity contribution in [3.05, 3.63) is 76.4 Å². The summed E-state index contributed by atoms with van der Waals surface area (Å²) in [5.74, 6) is 0.455. The van der Waals surface area contributed by atoms with Gasteiger partial charge in [-0.25, -0.2) is 13.1 Å². The van der Waals surface area contributed by atoms with Gasteiger partial charge in [-0.1, -0.05) is 48.9 Å². The molecule has 8 heteroatoms. The number of nitrogens with zero attached hydrogens (tertiary/aromatic N) is 1. The number of anilines is 1. The van der Waals surface area contributed by atoms with Gasteiger partial charge in [0, 0.05) is 10.6 Å². The molecule has 0 fully saturated rings. The molecule has 1 heterocycles. The Bertz CT molecular complexity index is 1000. The van der Waals surface area contributed by atoms with E-state index in [2.05, 4.69) is 14.9 Å². The van der Waals surface area contributed by atoms with Crippen LogP contribution in [0.1, 0.15) is 29.8 Å². The summed E-state index contributed by atoms with van der Waals surface area (Å²) in [6.45, 7) is 1.96. The lowest BCUT2D eigenvalue weighted by Gasteiger charge is -2.19. The van der Waals surface area contributed by atoms with Gasteiger partial charge in [0.05, 0.1) is 16.6 Å². The molecular formula is C19H21ClN4O2S. The second-order valence-corrected chi connectivity index (χ2v) is 8.32. The standard InChI is InChI=1S/C19H21ClN4O2S/c1-2-16-18(22-23-19(16)21)17(12-13-6-4-3-5-7-13)24-27(25,26)15-10-8-14(20)9-11-15/h3-11,17,24H,2,12H2,1H3,(H3,21,22,23). The second-order valence-electron chi connectivity index (χ2n) is 6.17. The molecule has 3 aromatic rings. The molecule has 6 nitrogen and oxygen atoms in total. The Balaban J connectivity index is 1.97. The molecular weight excluding hydrogens is 384 g/mol.